The summed E-state index contributed by atoms with van der Waals surface area (Å²) in [6, 6.07) is 1.50. The molecule has 1 atom stereocenters. The van der Waals surface area contributed by atoms with Crippen LogP contribution in [-0.2, 0) is 10.0 Å². The largest absolute Gasteiger partial charge is 0.360 e. The van der Waals surface area contributed by atoms with E-state index in [1.54, 1.807) is 32.4 Å². The smallest absolute Gasteiger partial charge is 0.249 e. The molecule has 0 amide bonds. The van der Waals surface area contributed by atoms with Gasteiger partial charge in [-0.15, -0.1) is 0 Å². The monoisotopic (exact) mass is 442 g/mol. The quantitative estimate of drug-likeness (QED) is 0.594. The predicted octanol–water partition coefficient (Wildman–Crippen LogP) is 3.04. The molecule has 1 aliphatic heterocycles. The molecule has 0 saturated carbocycles. The van der Waals surface area contributed by atoms with E-state index in [2.05, 4.69) is 15.1 Å². The lowest BCUT2D eigenvalue weighted by Crippen LogP contribution is -2.32. The van der Waals surface area contributed by atoms with Crippen LogP contribution >= 0.6 is 0 Å². The van der Waals surface area contributed by atoms with Gasteiger partial charge in [0.05, 0.1) is 11.7 Å². The highest BCUT2D eigenvalue weighted by Gasteiger charge is 2.41. The number of hydrogen-bond donors (Lipinski definition) is 0. The first kappa shape index (κ1) is 21.4. The van der Waals surface area contributed by atoms with Crippen LogP contribution < -0.4 is 4.90 Å². The van der Waals surface area contributed by atoms with E-state index in [4.69, 9.17) is 9.51 Å². The summed E-state index contributed by atoms with van der Waals surface area (Å²) in [5.74, 6) is 0.831. The van der Waals surface area contributed by atoms with Crippen molar-refractivity contribution in [1.29, 1.82) is 0 Å². The van der Waals surface area contributed by atoms with E-state index in [9.17, 15) is 8.42 Å². The number of aryl methyl sites for hydroxylation is 3. The van der Waals surface area contributed by atoms with E-state index in [0.717, 1.165) is 23.1 Å². The molecule has 4 heterocycles. The molecule has 1 fully saturated rings. The number of sulfonamides is 1. The van der Waals surface area contributed by atoms with Gasteiger partial charge in [-0.1, -0.05) is 5.16 Å². The zero-order valence-corrected chi connectivity index (χ0v) is 19.1. The van der Waals surface area contributed by atoms with Gasteiger partial charge in [0.2, 0.25) is 16.0 Å². The Labute approximate surface area is 182 Å². The lowest BCUT2D eigenvalue weighted by Gasteiger charge is -2.26. The van der Waals surface area contributed by atoms with Gasteiger partial charge in [0.25, 0.3) is 0 Å². The standard InChI is InChI=1S/C21H26N6O3S/c1-13-11-22-9-8-16(13)17-12-23-21(26(4)5)24-19(17)18-7-6-10-27(18)31(28,29)20-14(2)25-30-15(20)3/h8-9,11-12,18H,6-7,10H2,1-5H3/t18-/m1/s1. The Morgan fingerprint density at radius 1 is 1.16 bits per heavy atom. The van der Waals surface area contributed by atoms with Crippen LogP contribution in [0.5, 0.6) is 0 Å². The van der Waals surface area contributed by atoms with Crippen LogP contribution in [0.2, 0.25) is 0 Å². The molecule has 0 spiro atoms. The van der Waals surface area contributed by atoms with Gasteiger partial charge in [0, 0.05) is 44.8 Å². The SMILES string of the molecule is Cc1cnccc1-c1cnc(N(C)C)nc1[C@H]1CCCN1S(=O)(=O)c1c(C)noc1C. The summed E-state index contributed by atoms with van der Waals surface area (Å²) in [5.41, 5.74) is 3.79. The molecular formula is C21H26N6O3S. The van der Waals surface area contributed by atoms with E-state index in [-0.39, 0.29) is 4.90 Å². The molecular weight excluding hydrogens is 416 g/mol. The molecule has 3 aromatic rings. The van der Waals surface area contributed by atoms with Gasteiger partial charge in [-0.25, -0.2) is 18.4 Å². The number of aromatic nitrogens is 4. The van der Waals surface area contributed by atoms with Crippen LogP contribution in [0.15, 0.2) is 34.1 Å². The van der Waals surface area contributed by atoms with Gasteiger partial charge in [-0.2, -0.15) is 4.31 Å². The van der Waals surface area contributed by atoms with E-state index >= 15 is 0 Å². The van der Waals surface area contributed by atoms with E-state index in [1.807, 2.05) is 32.0 Å². The van der Waals surface area contributed by atoms with Crippen molar-refractivity contribution in [2.45, 2.75) is 44.6 Å². The second-order valence-corrected chi connectivity index (χ2v) is 9.81. The third-order valence-corrected chi connectivity index (χ3v) is 7.72. The van der Waals surface area contributed by atoms with E-state index < -0.39 is 16.1 Å². The Kier molecular flexibility index (Phi) is 5.52. The van der Waals surface area contributed by atoms with Crippen LogP contribution in [0.4, 0.5) is 5.95 Å². The Balaban J connectivity index is 1.88. The first-order chi connectivity index (χ1) is 14.7. The molecule has 10 heteroatoms. The Hall–Kier alpha value is -2.85. The lowest BCUT2D eigenvalue weighted by molar-refractivity contribution is 0.381. The summed E-state index contributed by atoms with van der Waals surface area (Å²) >= 11 is 0. The molecule has 0 aliphatic carbocycles. The van der Waals surface area contributed by atoms with Crippen molar-refractivity contribution in [3.05, 3.63) is 47.4 Å². The molecule has 1 saturated heterocycles. The zero-order valence-electron chi connectivity index (χ0n) is 18.3. The normalized spacial score (nSPS) is 17.3. The van der Waals surface area contributed by atoms with Crippen LogP contribution in [0.1, 0.15) is 41.6 Å². The van der Waals surface area contributed by atoms with E-state index in [0.29, 0.717) is 36.1 Å². The van der Waals surface area contributed by atoms with Crippen molar-refractivity contribution in [2.24, 2.45) is 0 Å². The Bertz CT molecular complexity index is 1200. The van der Waals surface area contributed by atoms with Crippen molar-refractivity contribution < 1.29 is 12.9 Å². The number of pyridine rings is 1. The molecule has 0 radical (unpaired) electrons. The van der Waals surface area contributed by atoms with Crippen LogP contribution in [-0.4, -0.2) is 53.5 Å². The average molecular weight is 443 g/mol. The number of anilines is 1. The highest BCUT2D eigenvalue weighted by molar-refractivity contribution is 7.89. The fraction of sp³-hybridized carbons (Fsp3) is 0.429. The van der Waals surface area contributed by atoms with Crippen LogP contribution in [0.3, 0.4) is 0 Å². The van der Waals surface area contributed by atoms with Crippen molar-refractivity contribution in [1.82, 2.24) is 24.4 Å². The number of hydrogen-bond acceptors (Lipinski definition) is 8. The maximum absolute atomic E-state index is 13.6. The lowest BCUT2D eigenvalue weighted by atomic mass is 9.98. The molecule has 0 unspecified atom stereocenters. The minimum atomic E-state index is -3.81. The molecule has 1 aliphatic rings. The molecule has 164 valence electrons. The average Bonchev–Trinajstić information content (AvgIpc) is 3.35. The number of nitrogens with zero attached hydrogens (tertiary/aromatic N) is 6. The summed E-state index contributed by atoms with van der Waals surface area (Å²) in [6.07, 6.45) is 6.69. The molecule has 3 aromatic heterocycles. The van der Waals surface area contributed by atoms with E-state index in [1.165, 1.54) is 4.31 Å². The van der Waals surface area contributed by atoms with Crippen LogP contribution in [0.25, 0.3) is 11.1 Å². The summed E-state index contributed by atoms with van der Waals surface area (Å²) in [6.45, 7) is 5.65. The van der Waals surface area contributed by atoms with Gasteiger partial charge in [0.15, 0.2) is 5.76 Å². The van der Waals surface area contributed by atoms with Gasteiger partial charge >= 0.3 is 0 Å². The van der Waals surface area contributed by atoms with Crippen molar-refractivity contribution >= 4 is 16.0 Å². The highest BCUT2D eigenvalue weighted by atomic mass is 32.2. The Morgan fingerprint density at radius 3 is 2.58 bits per heavy atom. The summed E-state index contributed by atoms with van der Waals surface area (Å²) in [7, 11) is -0.0763. The summed E-state index contributed by atoms with van der Waals surface area (Å²) in [5, 5.41) is 3.85. The van der Waals surface area contributed by atoms with Gasteiger partial charge in [-0.3, -0.25) is 4.98 Å². The zero-order chi connectivity index (χ0) is 22.3. The minimum Gasteiger partial charge on any atom is -0.360 e. The molecule has 31 heavy (non-hydrogen) atoms. The van der Waals surface area contributed by atoms with Crippen LogP contribution in [0, 0.1) is 20.8 Å². The van der Waals surface area contributed by atoms with Crippen molar-refractivity contribution in [3.8, 4) is 11.1 Å². The summed E-state index contributed by atoms with van der Waals surface area (Å²) < 4.78 is 33.9. The maximum atomic E-state index is 13.6. The Morgan fingerprint density at radius 2 is 1.94 bits per heavy atom. The molecule has 0 aromatic carbocycles. The first-order valence-electron chi connectivity index (χ1n) is 10.1. The topological polar surface area (TPSA) is 105 Å². The first-order valence-corrected chi connectivity index (χ1v) is 11.6. The van der Waals surface area contributed by atoms with Gasteiger partial charge in [0.1, 0.15) is 10.6 Å². The second-order valence-electron chi connectivity index (χ2n) is 7.98. The molecule has 0 N–H and O–H groups in total. The number of rotatable bonds is 5. The summed E-state index contributed by atoms with van der Waals surface area (Å²) in [4.78, 5) is 15.4. The second kappa shape index (κ2) is 8.01. The fourth-order valence-electron chi connectivity index (χ4n) is 4.10. The van der Waals surface area contributed by atoms with Crippen molar-refractivity contribution in [3.63, 3.8) is 0 Å². The third-order valence-electron chi connectivity index (χ3n) is 5.57. The predicted molar refractivity (Wildman–Crippen MR) is 116 cm³/mol. The van der Waals surface area contributed by atoms with Gasteiger partial charge in [-0.05, 0) is 50.8 Å². The molecule has 0 bridgehead atoms. The third kappa shape index (κ3) is 3.70. The fourth-order valence-corrected chi connectivity index (χ4v) is 6.05. The molecule has 4 rings (SSSR count). The van der Waals surface area contributed by atoms with Gasteiger partial charge < -0.3 is 9.42 Å². The maximum Gasteiger partial charge on any atom is 0.249 e. The minimum absolute atomic E-state index is 0.142. The molecule has 9 nitrogen and oxygen atoms in total. The van der Waals surface area contributed by atoms with Crippen molar-refractivity contribution in [2.75, 3.05) is 25.5 Å². The highest BCUT2D eigenvalue weighted by Crippen LogP contribution is 2.41.